The van der Waals surface area contributed by atoms with Crippen molar-refractivity contribution in [3.05, 3.63) is 29.8 Å². The zero-order valence-electron chi connectivity index (χ0n) is 10.6. The van der Waals surface area contributed by atoms with Gasteiger partial charge in [0.25, 0.3) is 0 Å². The molecule has 1 aromatic carbocycles. The van der Waals surface area contributed by atoms with Gasteiger partial charge in [0.05, 0.1) is 19.3 Å². The summed E-state index contributed by atoms with van der Waals surface area (Å²) in [5, 5.41) is 18.8. The van der Waals surface area contributed by atoms with Crippen molar-refractivity contribution >= 4 is 18.5 Å². The lowest BCUT2D eigenvalue weighted by atomic mass is 9.79. The van der Waals surface area contributed by atoms with E-state index in [0.29, 0.717) is 13.2 Å². The van der Waals surface area contributed by atoms with E-state index in [1.54, 1.807) is 0 Å². The van der Waals surface area contributed by atoms with Crippen molar-refractivity contribution in [2.45, 2.75) is 12.5 Å². The summed E-state index contributed by atoms with van der Waals surface area (Å²) in [6.45, 7) is 1.04. The summed E-state index contributed by atoms with van der Waals surface area (Å²) in [5.74, 6) is -0.0144. The molecule has 5 N–H and O–H groups in total. The molecular weight excluding hydrogens is 245 g/mol. The van der Waals surface area contributed by atoms with Crippen LogP contribution in [0.4, 0.5) is 0 Å². The molecule has 0 spiro atoms. The first-order chi connectivity index (χ1) is 9.19. The van der Waals surface area contributed by atoms with Crippen LogP contribution in [0.25, 0.3) is 0 Å². The Morgan fingerprint density at radius 1 is 1.47 bits per heavy atom. The van der Waals surface area contributed by atoms with Crippen LogP contribution in [0.15, 0.2) is 24.3 Å². The van der Waals surface area contributed by atoms with Gasteiger partial charge in [-0.25, -0.2) is 0 Å². The third kappa shape index (κ3) is 3.95. The van der Waals surface area contributed by atoms with Crippen LogP contribution in [0.3, 0.4) is 0 Å². The molecule has 1 aromatic rings. The predicted molar refractivity (Wildman–Crippen MR) is 73.4 cm³/mol. The Labute approximate surface area is 112 Å². The Balaban J connectivity index is 1.86. The molecule has 0 radical (unpaired) electrons. The zero-order chi connectivity index (χ0) is 13.7. The quantitative estimate of drug-likeness (QED) is 0.304. The summed E-state index contributed by atoms with van der Waals surface area (Å²) in [5.41, 5.74) is 7.30. The van der Waals surface area contributed by atoms with Crippen molar-refractivity contribution in [3.63, 3.8) is 0 Å². The number of aliphatic hydroxyl groups is 1. The maximum atomic E-state index is 8.98. The molecule has 1 unspecified atom stereocenters. The lowest BCUT2D eigenvalue weighted by Gasteiger charge is -2.08. The van der Waals surface area contributed by atoms with Crippen molar-refractivity contribution < 1.29 is 14.4 Å². The van der Waals surface area contributed by atoms with Crippen molar-refractivity contribution in [2.24, 2.45) is 5.73 Å². The van der Waals surface area contributed by atoms with Gasteiger partial charge in [-0.2, -0.15) is 0 Å². The average Bonchev–Trinajstić information content (AvgIpc) is 2.88. The highest BCUT2D eigenvalue weighted by atomic mass is 16.6. The maximum absolute atomic E-state index is 8.98. The van der Waals surface area contributed by atoms with Crippen LogP contribution in [-0.2, 0) is 15.7 Å². The molecule has 0 amide bonds. The summed E-state index contributed by atoms with van der Waals surface area (Å²) in [6, 6.07) is 7.90. The van der Waals surface area contributed by atoms with Gasteiger partial charge in [0.15, 0.2) is 5.96 Å². The van der Waals surface area contributed by atoms with Crippen LogP contribution >= 0.6 is 0 Å². The van der Waals surface area contributed by atoms with Gasteiger partial charge in [0.2, 0.25) is 0 Å². The Bertz CT molecular complexity index is 427. The molecule has 2 rings (SSSR count). The minimum absolute atomic E-state index is 0.0144. The largest absolute Gasteiger partial charge is 0.494 e. The number of aliphatic hydroxyl groups excluding tert-OH is 1. The molecule has 0 saturated carbocycles. The minimum Gasteiger partial charge on any atom is -0.405 e. The molecule has 1 atom stereocenters. The fourth-order valence-electron chi connectivity index (χ4n) is 1.90. The van der Waals surface area contributed by atoms with Crippen molar-refractivity contribution in [1.82, 2.24) is 5.32 Å². The van der Waals surface area contributed by atoms with Crippen LogP contribution in [0, 0.1) is 5.41 Å². The van der Waals surface area contributed by atoms with Gasteiger partial charge in [-0.3, -0.25) is 5.41 Å². The summed E-state index contributed by atoms with van der Waals surface area (Å²) in [6.07, 6.45) is 0.565. The van der Waals surface area contributed by atoms with Gasteiger partial charge >= 0.3 is 7.12 Å². The summed E-state index contributed by atoms with van der Waals surface area (Å²) in [4.78, 5) is 0. The number of nitrogens with one attached hydrogen (secondary N) is 2. The molecule has 1 aliphatic rings. The first kappa shape index (κ1) is 13.9. The molecule has 1 aliphatic heterocycles. The predicted octanol–water partition coefficient (Wildman–Crippen LogP) is -1.18. The Hall–Kier alpha value is -1.57. The Morgan fingerprint density at radius 2 is 2.21 bits per heavy atom. The molecule has 0 aromatic heterocycles. The summed E-state index contributed by atoms with van der Waals surface area (Å²) in [7, 11) is -0.387. The molecule has 0 bridgehead atoms. The van der Waals surface area contributed by atoms with E-state index < -0.39 is 0 Å². The molecule has 6 nitrogen and oxygen atoms in total. The second-order valence-electron chi connectivity index (χ2n) is 4.44. The number of guanidine groups is 1. The third-order valence-corrected chi connectivity index (χ3v) is 2.93. The van der Waals surface area contributed by atoms with E-state index in [0.717, 1.165) is 17.4 Å². The van der Waals surface area contributed by atoms with E-state index in [4.69, 9.17) is 25.6 Å². The Kier molecular flexibility index (Phi) is 4.78. The lowest BCUT2D eigenvalue weighted by molar-refractivity contribution is 0.134. The average molecular weight is 263 g/mol. The van der Waals surface area contributed by atoms with Gasteiger partial charge < -0.3 is 25.5 Å². The zero-order valence-corrected chi connectivity index (χ0v) is 10.6. The number of benzene rings is 1. The van der Waals surface area contributed by atoms with Gasteiger partial charge in [-0.05, 0) is 17.4 Å². The van der Waals surface area contributed by atoms with Crippen LogP contribution in [0.2, 0.25) is 0 Å². The van der Waals surface area contributed by atoms with Gasteiger partial charge in [0.1, 0.15) is 0 Å². The number of hydrogen-bond acceptors (Lipinski definition) is 4. The summed E-state index contributed by atoms with van der Waals surface area (Å²) >= 11 is 0. The molecule has 19 heavy (non-hydrogen) atoms. The first-order valence-electron chi connectivity index (χ1n) is 6.23. The van der Waals surface area contributed by atoms with Gasteiger partial charge in [0, 0.05) is 6.54 Å². The Morgan fingerprint density at radius 3 is 2.79 bits per heavy atom. The topological polar surface area (TPSA) is 101 Å². The molecule has 7 heteroatoms. The second kappa shape index (κ2) is 6.56. The van der Waals surface area contributed by atoms with Crippen molar-refractivity contribution in [3.8, 4) is 0 Å². The normalized spacial score (nSPS) is 18.6. The second-order valence-corrected chi connectivity index (χ2v) is 4.44. The third-order valence-electron chi connectivity index (χ3n) is 2.93. The van der Waals surface area contributed by atoms with E-state index >= 15 is 0 Å². The summed E-state index contributed by atoms with van der Waals surface area (Å²) < 4.78 is 11.0. The van der Waals surface area contributed by atoms with Crippen LogP contribution in [-0.4, -0.2) is 44.0 Å². The monoisotopic (exact) mass is 263 g/mol. The molecule has 1 saturated heterocycles. The highest BCUT2D eigenvalue weighted by molar-refractivity contribution is 6.61. The van der Waals surface area contributed by atoms with Crippen LogP contribution in [0.1, 0.15) is 5.56 Å². The SMILES string of the molecule is N=C(N)NCCc1ccc(B2OCC(CO)O2)cc1. The van der Waals surface area contributed by atoms with Gasteiger partial charge in [-0.15, -0.1) is 0 Å². The number of hydrogen-bond donors (Lipinski definition) is 4. The highest BCUT2D eigenvalue weighted by Crippen LogP contribution is 2.08. The van der Waals surface area contributed by atoms with E-state index in [9.17, 15) is 0 Å². The fourth-order valence-corrected chi connectivity index (χ4v) is 1.90. The van der Waals surface area contributed by atoms with E-state index in [-0.39, 0.29) is 25.8 Å². The smallest absolute Gasteiger partial charge is 0.405 e. The highest BCUT2D eigenvalue weighted by Gasteiger charge is 2.32. The molecular formula is C12H18BN3O3. The van der Waals surface area contributed by atoms with Crippen molar-refractivity contribution in [1.29, 1.82) is 5.41 Å². The van der Waals surface area contributed by atoms with Gasteiger partial charge in [-0.1, -0.05) is 24.3 Å². The van der Waals surface area contributed by atoms with E-state index in [1.165, 1.54) is 0 Å². The molecule has 0 aliphatic carbocycles. The molecule has 1 fully saturated rings. The minimum atomic E-state index is -0.387. The lowest BCUT2D eigenvalue weighted by Crippen LogP contribution is -2.33. The standard InChI is InChI=1S/C12H18BN3O3/c14-12(15)16-6-5-9-1-3-10(4-2-9)13-18-8-11(7-17)19-13/h1-4,11,17H,5-8H2,(H4,14,15,16). The molecule has 102 valence electrons. The maximum Gasteiger partial charge on any atom is 0.494 e. The van der Waals surface area contributed by atoms with E-state index in [1.807, 2.05) is 24.3 Å². The fraction of sp³-hybridized carbons (Fsp3) is 0.417. The van der Waals surface area contributed by atoms with Crippen LogP contribution in [0.5, 0.6) is 0 Å². The number of rotatable bonds is 5. The van der Waals surface area contributed by atoms with Crippen molar-refractivity contribution in [2.75, 3.05) is 19.8 Å². The van der Waals surface area contributed by atoms with Crippen LogP contribution < -0.4 is 16.5 Å². The van der Waals surface area contributed by atoms with E-state index in [2.05, 4.69) is 5.32 Å². The first-order valence-corrected chi connectivity index (χ1v) is 6.23. The number of nitrogens with two attached hydrogens (primary N) is 1. The molecule has 1 heterocycles.